The summed E-state index contributed by atoms with van der Waals surface area (Å²) in [7, 11) is 0. The fourth-order valence-corrected chi connectivity index (χ4v) is 6.55. The molecule has 4 aliphatic heterocycles. The number of cyclic esters (lactones) is 1. The molecule has 8 rings (SSSR count). The van der Waals surface area contributed by atoms with E-state index in [9.17, 15) is 18.8 Å². The van der Waals surface area contributed by atoms with Gasteiger partial charge in [-0.1, -0.05) is 24.3 Å². The number of hydrogen-bond acceptors (Lipinski definition) is 7. The van der Waals surface area contributed by atoms with E-state index in [0.29, 0.717) is 16.8 Å². The van der Waals surface area contributed by atoms with Crippen molar-refractivity contribution < 1.29 is 32.6 Å². The number of esters is 1. The van der Waals surface area contributed by atoms with E-state index >= 15 is 4.39 Å². The van der Waals surface area contributed by atoms with Crippen LogP contribution >= 0.6 is 0 Å². The van der Waals surface area contributed by atoms with Crippen LogP contribution in [0.3, 0.4) is 0 Å². The molecule has 6 heterocycles. The molecule has 0 radical (unpaired) electrons. The van der Waals surface area contributed by atoms with E-state index in [1.165, 1.54) is 23.0 Å². The maximum atomic E-state index is 15.9. The van der Waals surface area contributed by atoms with Gasteiger partial charge >= 0.3 is 5.97 Å². The third-order valence-corrected chi connectivity index (χ3v) is 8.50. The minimum atomic E-state index is -1.20. The highest BCUT2D eigenvalue weighted by Gasteiger charge is 2.47. The Balaban J connectivity index is 1.40. The van der Waals surface area contributed by atoms with Crippen LogP contribution in [0.15, 0.2) is 83.4 Å². The topological polar surface area (TPSA) is 95.2 Å². The number of nitrogens with zero attached hydrogens (tertiary/aromatic N) is 4. The summed E-state index contributed by atoms with van der Waals surface area (Å²) in [6.45, 7) is 2.14. The maximum absolute atomic E-state index is 15.9. The lowest BCUT2D eigenvalue weighted by molar-refractivity contribution is -0.148. The van der Waals surface area contributed by atoms with E-state index < -0.39 is 47.4 Å². The first kappa shape index (κ1) is 26.4. The predicted molar refractivity (Wildman–Crippen MR) is 152 cm³/mol. The summed E-state index contributed by atoms with van der Waals surface area (Å²) in [5, 5.41) is 1.84. The minimum absolute atomic E-state index is 0.0777. The van der Waals surface area contributed by atoms with Crippen molar-refractivity contribution in [1.29, 1.82) is 0 Å². The van der Waals surface area contributed by atoms with Crippen LogP contribution in [0.5, 0.6) is 5.75 Å². The third-order valence-electron chi connectivity index (χ3n) is 8.50. The van der Waals surface area contributed by atoms with Crippen molar-refractivity contribution in [3.63, 3.8) is 0 Å². The zero-order valence-electron chi connectivity index (χ0n) is 23.3. The maximum Gasteiger partial charge on any atom is 0.336 e. The Hall–Kier alpha value is -5.23. The van der Waals surface area contributed by atoms with Gasteiger partial charge in [0, 0.05) is 47.8 Å². The molecule has 3 atom stereocenters. The molecule has 1 fully saturated rings. The van der Waals surface area contributed by atoms with Crippen LogP contribution in [0, 0.1) is 11.6 Å². The van der Waals surface area contributed by atoms with Gasteiger partial charge in [0.1, 0.15) is 12.2 Å². The summed E-state index contributed by atoms with van der Waals surface area (Å²) in [6, 6.07) is 14.1. The standard InChI is InChI=1S/C32H24F2N4O6/c1-17-15-25(44-32(17)41)43-30-23(39)10-12-37-29(30)31(40)36-13-14-42-16-24(36)38(37)28-18-5-2-3-6-21(18)35-11-4-7-22(35)26-19(28)8-9-20(33)27(26)34/h2-12,15,24-25,28H,13-14,16H2,1H3/t24-,25?,28-/m1/s1. The van der Waals surface area contributed by atoms with Crippen molar-refractivity contribution >= 4 is 11.9 Å². The molecule has 2 aromatic carbocycles. The Bertz CT molecular complexity index is 1980. The Kier molecular flexibility index (Phi) is 5.79. The average molecular weight is 599 g/mol. The summed E-state index contributed by atoms with van der Waals surface area (Å²) in [5.74, 6) is -3.36. The second-order valence-corrected chi connectivity index (χ2v) is 10.9. The van der Waals surface area contributed by atoms with Gasteiger partial charge in [0.05, 0.1) is 24.6 Å². The van der Waals surface area contributed by atoms with Crippen molar-refractivity contribution in [2.45, 2.75) is 25.4 Å². The molecule has 1 amide bonds. The van der Waals surface area contributed by atoms with Gasteiger partial charge in [-0.3, -0.25) is 19.3 Å². The summed E-state index contributed by atoms with van der Waals surface area (Å²) >= 11 is 0. The van der Waals surface area contributed by atoms with E-state index in [4.69, 9.17) is 14.2 Å². The van der Waals surface area contributed by atoms with Crippen molar-refractivity contribution in [1.82, 2.24) is 14.1 Å². The summed E-state index contributed by atoms with van der Waals surface area (Å²) < 4.78 is 51.1. The molecule has 0 aliphatic carbocycles. The number of rotatable bonds is 3. The van der Waals surface area contributed by atoms with Gasteiger partial charge in [-0.15, -0.1) is 0 Å². The molecule has 0 spiro atoms. The van der Waals surface area contributed by atoms with Crippen LogP contribution in [0.2, 0.25) is 0 Å². The van der Waals surface area contributed by atoms with E-state index in [2.05, 4.69) is 0 Å². The Morgan fingerprint density at radius 1 is 0.955 bits per heavy atom. The highest BCUT2D eigenvalue weighted by Crippen LogP contribution is 2.46. The number of carbonyl (C=O) groups excluding carboxylic acids is 2. The molecule has 4 aliphatic rings. The molecule has 1 saturated heterocycles. The monoisotopic (exact) mass is 598 g/mol. The summed E-state index contributed by atoms with van der Waals surface area (Å²) in [5.41, 5.74) is 2.09. The van der Waals surface area contributed by atoms with E-state index in [1.54, 1.807) is 36.2 Å². The molecule has 12 heteroatoms. The van der Waals surface area contributed by atoms with Gasteiger partial charge in [-0.25, -0.2) is 13.6 Å². The second kappa shape index (κ2) is 9.64. The highest BCUT2D eigenvalue weighted by molar-refractivity contribution is 5.97. The molecule has 4 aromatic rings. The predicted octanol–water partition coefficient (Wildman–Crippen LogP) is 3.65. The molecule has 0 saturated carbocycles. The molecule has 10 nitrogen and oxygen atoms in total. The lowest BCUT2D eigenvalue weighted by atomic mass is 9.91. The molecule has 2 aromatic heterocycles. The molecule has 44 heavy (non-hydrogen) atoms. The van der Waals surface area contributed by atoms with E-state index in [-0.39, 0.29) is 36.8 Å². The number of halogens is 2. The fraction of sp³-hybridized carbons (Fsp3) is 0.219. The van der Waals surface area contributed by atoms with Crippen LogP contribution in [0.25, 0.3) is 16.9 Å². The Morgan fingerprint density at radius 2 is 1.80 bits per heavy atom. The smallest absolute Gasteiger partial charge is 0.336 e. The SMILES string of the molecule is CC1=CC(Oc2c3n(ccc2=O)N([C@@H]2c4ccccc4-n4cccc4-c4c2ccc(F)c4F)[C@@H]2COCCN2C3=O)OC1=O. The zero-order valence-corrected chi connectivity index (χ0v) is 23.3. The van der Waals surface area contributed by atoms with E-state index in [0.717, 1.165) is 17.3 Å². The highest BCUT2D eigenvalue weighted by atomic mass is 19.2. The summed E-state index contributed by atoms with van der Waals surface area (Å²) in [4.78, 5) is 41.0. The molecule has 1 unspecified atom stereocenters. The normalized spacial score (nSPS) is 21.8. The first-order valence-corrected chi connectivity index (χ1v) is 14.1. The molecule has 0 N–H and O–H groups in total. The van der Waals surface area contributed by atoms with Gasteiger partial charge in [-0.2, -0.15) is 0 Å². The summed E-state index contributed by atoms with van der Waals surface area (Å²) in [6.07, 6.45) is 2.78. The van der Waals surface area contributed by atoms with Crippen LogP contribution < -0.4 is 15.2 Å². The quantitative estimate of drug-likeness (QED) is 0.333. The molecular weight excluding hydrogens is 574 g/mol. The number of carbonyl (C=O) groups is 2. The van der Waals surface area contributed by atoms with Crippen molar-refractivity contribution in [3.8, 4) is 22.7 Å². The van der Waals surface area contributed by atoms with Crippen molar-refractivity contribution in [2.24, 2.45) is 0 Å². The zero-order chi connectivity index (χ0) is 30.3. The van der Waals surface area contributed by atoms with Crippen LogP contribution in [0.1, 0.15) is 34.6 Å². The number of morpholine rings is 1. The minimum Gasteiger partial charge on any atom is -0.444 e. The van der Waals surface area contributed by atoms with Crippen LogP contribution in [-0.2, 0) is 14.3 Å². The van der Waals surface area contributed by atoms with Crippen molar-refractivity contribution in [2.75, 3.05) is 24.8 Å². The van der Waals surface area contributed by atoms with Crippen molar-refractivity contribution in [3.05, 3.63) is 117 Å². The van der Waals surface area contributed by atoms with Crippen LogP contribution in [0.4, 0.5) is 8.78 Å². The van der Waals surface area contributed by atoms with Gasteiger partial charge in [0.25, 0.3) is 12.2 Å². The number of ether oxygens (including phenoxy) is 3. The van der Waals surface area contributed by atoms with Gasteiger partial charge < -0.3 is 23.7 Å². The first-order valence-electron chi connectivity index (χ1n) is 14.1. The Labute approximate surface area is 248 Å². The largest absolute Gasteiger partial charge is 0.444 e. The number of hydrogen-bond donors (Lipinski definition) is 0. The second-order valence-electron chi connectivity index (χ2n) is 10.9. The number of amides is 1. The molecule has 0 bridgehead atoms. The number of benzene rings is 2. The Morgan fingerprint density at radius 3 is 2.61 bits per heavy atom. The van der Waals surface area contributed by atoms with Gasteiger partial charge in [0.15, 0.2) is 17.3 Å². The fourth-order valence-electron chi connectivity index (χ4n) is 6.55. The first-order chi connectivity index (χ1) is 21.3. The number of aromatic nitrogens is 2. The molecule has 222 valence electrons. The molecular formula is C32H24F2N4O6. The van der Waals surface area contributed by atoms with Crippen LogP contribution in [-0.4, -0.2) is 58.2 Å². The van der Waals surface area contributed by atoms with E-state index in [1.807, 2.05) is 33.8 Å². The number of para-hydroxylation sites is 1. The van der Waals surface area contributed by atoms with Gasteiger partial charge in [0.2, 0.25) is 11.2 Å². The lowest BCUT2D eigenvalue weighted by Crippen LogP contribution is -2.66. The average Bonchev–Trinajstić information content (AvgIpc) is 3.60. The number of fused-ring (bicyclic) bond motifs is 7. The van der Waals surface area contributed by atoms with Gasteiger partial charge in [-0.05, 0) is 36.8 Å². The lowest BCUT2D eigenvalue weighted by Gasteiger charge is -2.51. The number of pyridine rings is 1. The third kappa shape index (κ3) is 3.70.